The van der Waals surface area contributed by atoms with Crippen LogP contribution in [0.15, 0.2) is 0 Å². The molecule has 0 radical (unpaired) electrons. The van der Waals surface area contributed by atoms with Crippen LogP contribution in [-0.2, 0) is 0 Å². The second kappa shape index (κ2) is 5.31. The number of rotatable bonds is 4. The molecule has 2 heteroatoms. The fourth-order valence-electron chi connectivity index (χ4n) is 3.00. The van der Waals surface area contributed by atoms with Crippen molar-refractivity contribution in [2.24, 2.45) is 17.6 Å². The van der Waals surface area contributed by atoms with Crippen LogP contribution in [0.25, 0.3) is 0 Å². The summed E-state index contributed by atoms with van der Waals surface area (Å²) in [5.74, 6) is 1.94. The third-order valence-corrected chi connectivity index (χ3v) is 4.26. The maximum Gasteiger partial charge on any atom is 0.00390 e. The van der Waals surface area contributed by atoms with Gasteiger partial charge in [0.1, 0.15) is 0 Å². The molecule has 0 bridgehead atoms. The molecule has 2 fully saturated rings. The van der Waals surface area contributed by atoms with Gasteiger partial charge in [-0.1, -0.05) is 6.42 Å². The topological polar surface area (TPSA) is 29.3 Å². The average Bonchev–Trinajstić information content (AvgIpc) is 2.16. The molecule has 2 aliphatic rings. The van der Waals surface area contributed by atoms with E-state index in [1.165, 1.54) is 58.0 Å². The summed E-state index contributed by atoms with van der Waals surface area (Å²) in [6.45, 7) is 2.64. The highest BCUT2D eigenvalue weighted by atomic mass is 15.1. The highest BCUT2D eigenvalue weighted by Gasteiger charge is 2.23. The van der Waals surface area contributed by atoms with E-state index in [1.807, 2.05) is 0 Å². The Morgan fingerprint density at radius 2 is 1.47 bits per heavy atom. The Morgan fingerprint density at radius 1 is 0.933 bits per heavy atom. The lowest BCUT2D eigenvalue weighted by Crippen LogP contribution is -2.36. The number of nitrogens with zero attached hydrogens (tertiary/aromatic N) is 1. The summed E-state index contributed by atoms with van der Waals surface area (Å²) in [5, 5.41) is 0. The van der Waals surface area contributed by atoms with Gasteiger partial charge in [-0.25, -0.2) is 0 Å². The maximum absolute atomic E-state index is 5.93. The summed E-state index contributed by atoms with van der Waals surface area (Å²) in [6.07, 6.45) is 9.63. The first-order valence-electron chi connectivity index (χ1n) is 6.68. The molecule has 2 nitrogen and oxygen atoms in total. The first-order chi connectivity index (χ1) is 7.24. The van der Waals surface area contributed by atoms with E-state index in [-0.39, 0.29) is 0 Å². The van der Waals surface area contributed by atoms with Crippen molar-refractivity contribution in [3.05, 3.63) is 0 Å². The summed E-state index contributed by atoms with van der Waals surface area (Å²) < 4.78 is 0. The Labute approximate surface area is 94.2 Å². The van der Waals surface area contributed by atoms with Crippen LogP contribution in [0.2, 0.25) is 0 Å². The molecule has 0 heterocycles. The Kier molecular flexibility index (Phi) is 4.04. The fraction of sp³-hybridized carbons (Fsp3) is 1.00. The molecule has 0 aromatic carbocycles. The lowest BCUT2D eigenvalue weighted by molar-refractivity contribution is 0.167. The molecule has 88 valence electrons. The van der Waals surface area contributed by atoms with E-state index >= 15 is 0 Å². The van der Waals surface area contributed by atoms with Gasteiger partial charge in [-0.2, -0.15) is 0 Å². The summed E-state index contributed by atoms with van der Waals surface area (Å²) in [4.78, 5) is 2.56. The Bertz CT molecular complexity index is 181. The molecule has 0 saturated heterocycles. The maximum atomic E-state index is 5.93. The SMILES string of the molecule is CN(CC1CCC1)CC1CCC(N)CC1. The van der Waals surface area contributed by atoms with Gasteiger partial charge in [0.15, 0.2) is 0 Å². The van der Waals surface area contributed by atoms with E-state index in [0.717, 1.165) is 11.8 Å². The fourth-order valence-corrected chi connectivity index (χ4v) is 3.00. The second-order valence-electron chi connectivity index (χ2n) is 5.80. The standard InChI is InChI=1S/C13H26N2/c1-15(9-11-3-2-4-11)10-12-5-7-13(14)8-6-12/h11-13H,2-10,14H2,1H3. The molecule has 2 saturated carbocycles. The van der Waals surface area contributed by atoms with Crippen molar-refractivity contribution < 1.29 is 0 Å². The van der Waals surface area contributed by atoms with E-state index < -0.39 is 0 Å². The van der Waals surface area contributed by atoms with Crippen LogP contribution < -0.4 is 5.73 Å². The first kappa shape index (κ1) is 11.4. The zero-order valence-corrected chi connectivity index (χ0v) is 10.1. The van der Waals surface area contributed by atoms with Gasteiger partial charge in [0.2, 0.25) is 0 Å². The Balaban J connectivity index is 1.62. The predicted octanol–water partition coefficient (Wildman–Crippen LogP) is 2.24. The lowest BCUT2D eigenvalue weighted by Gasteiger charge is -2.34. The van der Waals surface area contributed by atoms with Gasteiger partial charge < -0.3 is 10.6 Å². The minimum atomic E-state index is 0.498. The van der Waals surface area contributed by atoms with E-state index in [1.54, 1.807) is 0 Å². The number of hydrogen-bond acceptors (Lipinski definition) is 2. The van der Waals surface area contributed by atoms with Gasteiger partial charge in [0.25, 0.3) is 0 Å². The molecule has 15 heavy (non-hydrogen) atoms. The van der Waals surface area contributed by atoms with Crippen molar-refractivity contribution in [3.63, 3.8) is 0 Å². The largest absolute Gasteiger partial charge is 0.328 e. The van der Waals surface area contributed by atoms with Crippen LogP contribution in [-0.4, -0.2) is 31.1 Å². The van der Waals surface area contributed by atoms with Gasteiger partial charge in [-0.15, -0.1) is 0 Å². The number of hydrogen-bond donors (Lipinski definition) is 1. The van der Waals surface area contributed by atoms with Crippen molar-refractivity contribution >= 4 is 0 Å². The molecule has 2 rings (SSSR count). The van der Waals surface area contributed by atoms with Crippen LogP contribution in [0.1, 0.15) is 44.9 Å². The van der Waals surface area contributed by atoms with Gasteiger partial charge in [0, 0.05) is 19.1 Å². The van der Waals surface area contributed by atoms with Crippen molar-refractivity contribution in [1.82, 2.24) is 4.90 Å². The summed E-state index contributed by atoms with van der Waals surface area (Å²) in [6, 6.07) is 0.498. The van der Waals surface area contributed by atoms with Crippen molar-refractivity contribution in [3.8, 4) is 0 Å². The summed E-state index contributed by atoms with van der Waals surface area (Å²) in [5.41, 5.74) is 5.93. The van der Waals surface area contributed by atoms with E-state index in [2.05, 4.69) is 11.9 Å². The van der Waals surface area contributed by atoms with E-state index in [4.69, 9.17) is 5.73 Å². The minimum Gasteiger partial charge on any atom is -0.328 e. The van der Waals surface area contributed by atoms with Gasteiger partial charge in [-0.05, 0) is 57.4 Å². The minimum absolute atomic E-state index is 0.498. The molecule has 0 unspecified atom stereocenters. The Hall–Kier alpha value is -0.0800. The van der Waals surface area contributed by atoms with Gasteiger partial charge in [0.05, 0.1) is 0 Å². The molecule has 0 aromatic heterocycles. The van der Waals surface area contributed by atoms with Crippen LogP contribution in [0.4, 0.5) is 0 Å². The molecule has 2 aliphatic carbocycles. The third kappa shape index (κ3) is 3.46. The van der Waals surface area contributed by atoms with Crippen LogP contribution in [0.3, 0.4) is 0 Å². The van der Waals surface area contributed by atoms with Crippen molar-refractivity contribution in [2.75, 3.05) is 20.1 Å². The van der Waals surface area contributed by atoms with Crippen LogP contribution in [0.5, 0.6) is 0 Å². The first-order valence-corrected chi connectivity index (χ1v) is 6.68. The molecule has 0 aromatic rings. The zero-order chi connectivity index (χ0) is 10.7. The quantitative estimate of drug-likeness (QED) is 0.771. The molecule has 0 atom stereocenters. The zero-order valence-electron chi connectivity index (χ0n) is 10.1. The highest BCUT2D eigenvalue weighted by molar-refractivity contribution is 4.78. The molecule has 0 amide bonds. The number of nitrogens with two attached hydrogens (primary N) is 1. The monoisotopic (exact) mass is 210 g/mol. The Morgan fingerprint density at radius 3 is 1.93 bits per heavy atom. The summed E-state index contributed by atoms with van der Waals surface area (Å²) >= 11 is 0. The highest BCUT2D eigenvalue weighted by Crippen LogP contribution is 2.28. The van der Waals surface area contributed by atoms with Crippen LogP contribution >= 0.6 is 0 Å². The predicted molar refractivity (Wildman–Crippen MR) is 64.8 cm³/mol. The van der Waals surface area contributed by atoms with Crippen molar-refractivity contribution in [1.29, 1.82) is 0 Å². The van der Waals surface area contributed by atoms with Gasteiger partial charge >= 0.3 is 0 Å². The lowest BCUT2D eigenvalue weighted by atomic mass is 9.84. The molecular formula is C13H26N2. The van der Waals surface area contributed by atoms with Crippen molar-refractivity contribution in [2.45, 2.75) is 51.0 Å². The summed E-state index contributed by atoms with van der Waals surface area (Å²) in [7, 11) is 2.30. The smallest absolute Gasteiger partial charge is 0.00390 e. The molecule has 0 spiro atoms. The van der Waals surface area contributed by atoms with E-state index in [9.17, 15) is 0 Å². The van der Waals surface area contributed by atoms with Gasteiger partial charge in [-0.3, -0.25) is 0 Å². The molecule has 2 N–H and O–H groups in total. The third-order valence-electron chi connectivity index (χ3n) is 4.26. The second-order valence-corrected chi connectivity index (χ2v) is 5.80. The van der Waals surface area contributed by atoms with E-state index in [0.29, 0.717) is 6.04 Å². The molecule has 0 aliphatic heterocycles. The average molecular weight is 210 g/mol. The molecular weight excluding hydrogens is 184 g/mol. The normalized spacial score (nSPS) is 33.0. The van der Waals surface area contributed by atoms with Crippen LogP contribution in [0, 0.1) is 11.8 Å².